The summed E-state index contributed by atoms with van der Waals surface area (Å²) in [5.74, 6) is 1.29. The molecule has 0 N–H and O–H groups in total. The molecule has 140 valence electrons. The molecule has 0 aliphatic carbocycles. The molecular weight excluding hydrogens is 348 g/mol. The van der Waals surface area contributed by atoms with E-state index in [9.17, 15) is 4.79 Å². The first kappa shape index (κ1) is 18.7. The van der Waals surface area contributed by atoms with Crippen molar-refractivity contribution in [2.75, 3.05) is 11.5 Å². The number of carbonyl (C=O) groups excluding carboxylic acids is 1. The maximum absolute atomic E-state index is 12.8. The van der Waals surface area contributed by atoms with Crippen molar-refractivity contribution in [2.45, 2.75) is 59.1 Å². The number of hydrogen-bond donors (Lipinski definition) is 0. The number of carbonyl (C=O) groups is 1. The van der Waals surface area contributed by atoms with Crippen molar-refractivity contribution in [3.63, 3.8) is 0 Å². The van der Waals surface area contributed by atoms with Crippen LogP contribution >= 0.6 is 11.3 Å². The number of anilines is 1. The van der Waals surface area contributed by atoms with Gasteiger partial charge in [-0.2, -0.15) is 0 Å². The van der Waals surface area contributed by atoms with Crippen LogP contribution in [0.3, 0.4) is 0 Å². The van der Waals surface area contributed by atoms with Crippen molar-refractivity contribution < 1.29 is 14.3 Å². The number of amides is 1. The molecule has 0 atom stereocenters. The molecule has 5 nitrogen and oxygen atoms in total. The van der Waals surface area contributed by atoms with Crippen LogP contribution in [0.5, 0.6) is 5.75 Å². The number of ether oxygens (including phenoxy) is 2. The van der Waals surface area contributed by atoms with E-state index in [1.165, 1.54) is 10.4 Å². The lowest BCUT2D eigenvalue weighted by atomic mass is 10.1. The molecule has 26 heavy (non-hydrogen) atoms. The first-order valence-corrected chi connectivity index (χ1v) is 9.67. The molecule has 0 spiro atoms. The molecular formula is C20H26N2O3S. The third-order valence-electron chi connectivity index (χ3n) is 3.95. The van der Waals surface area contributed by atoms with Gasteiger partial charge in [-0.25, -0.2) is 9.78 Å². The molecule has 0 unspecified atom stereocenters. The first-order chi connectivity index (χ1) is 12.1. The maximum Gasteiger partial charge on any atom is 0.416 e. The molecule has 0 aromatic carbocycles. The Kier molecular flexibility index (Phi) is 4.73. The number of nitrogens with zero attached hydrogens (tertiary/aromatic N) is 2. The Morgan fingerprint density at radius 2 is 2.00 bits per heavy atom. The fourth-order valence-corrected chi connectivity index (χ4v) is 3.87. The van der Waals surface area contributed by atoms with Gasteiger partial charge in [0.15, 0.2) is 0 Å². The van der Waals surface area contributed by atoms with E-state index in [0.717, 1.165) is 17.7 Å². The highest BCUT2D eigenvalue weighted by Crippen LogP contribution is 2.40. The van der Waals surface area contributed by atoms with Crippen LogP contribution in [0, 0.1) is 0 Å². The third kappa shape index (κ3) is 3.85. The molecule has 1 aliphatic heterocycles. The second kappa shape index (κ2) is 6.58. The van der Waals surface area contributed by atoms with Crippen LogP contribution in [0.1, 0.15) is 47.1 Å². The van der Waals surface area contributed by atoms with E-state index >= 15 is 0 Å². The predicted molar refractivity (Wildman–Crippen MR) is 105 cm³/mol. The quantitative estimate of drug-likeness (QED) is 0.681. The van der Waals surface area contributed by atoms with Crippen LogP contribution in [-0.4, -0.2) is 28.8 Å². The van der Waals surface area contributed by atoms with E-state index in [4.69, 9.17) is 9.47 Å². The van der Waals surface area contributed by atoms with Gasteiger partial charge >= 0.3 is 6.09 Å². The minimum Gasteiger partial charge on any atom is -0.492 e. The number of fused-ring (bicyclic) bond motifs is 3. The summed E-state index contributed by atoms with van der Waals surface area (Å²) < 4.78 is 11.6. The smallest absolute Gasteiger partial charge is 0.416 e. The zero-order chi connectivity index (χ0) is 19.1. The Labute approximate surface area is 159 Å². The number of thiophene rings is 1. The fraction of sp³-hybridized carbons (Fsp3) is 0.500. The molecule has 2 aromatic heterocycles. The highest BCUT2D eigenvalue weighted by Gasteiger charge is 2.34. The average Bonchev–Trinajstić information content (AvgIpc) is 2.86. The van der Waals surface area contributed by atoms with Crippen LogP contribution in [-0.2, 0) is 11.2 Å². The number of rotatable bonds is 1. The van der Waals surface area contributed by atoms with Gasteiger partial charge < -0.3 is 9.47 Å². The van der Waals surface area contributed by atoms with Gasteiger partial charge in [0, 0.05) is 29.1 Å². The molecule has 1 aliphatic rings. The van der Waals surface area contributed by atoms with Crippen LogP contribution < -0.4 is 9.64 Å². The Morgan fingerprint density at radius 1 is 1.27 bits per heavy atom. The summed E-state index contributed by atoms with van der Waals surface area (Å²) in [6, 6.07) is 3.98. The minimum absolute atomic E-state index is 0.414. The van der Waals surface area contributed by atoms with Crippen molar-refractivity contribution in [3.8, 4) is 16.2 Å². The molecule has 1 amide bonds. The second-order valence-corrected chi connectivity index (χ2v) is 9.31. The van der Waals surface area contributed by atoms with Crippen molar-refractivity contribution in [2.24, 2.45) is 0 Å². The van der Waals surface area contributed by atoms with E-state index in [2.05, 4.69) is 16.4 Å². The molecule has 0 saturated carbocycles. The van der Waals surface area contributed by atoms with Crippen LogP contribution in [0.15, 0.2) is 23.7 Å². The first-order valence-electron chi connectivity index (χ1n) is 8.79. The third-order valence-corrected chi connectivity index (χ3v) is 4.94. The summed E-state index contributed by atoms with van der Waals surface area (Å²) in [5, 5.41) is 2.09. The number of pyridine rings is 1. The molecule has 0 saturated heterocycles. The van der Waals surface area contributed by atoms with Gasteiger partial charge in [-0.05, 0) is 58.6 Å². The van der Waals surface area contributed by atoms with E-state index in [-0.39, 0.29) is 0 Å². The molecule has 0 radical (unpaired) electrons. The normalized spacial score (nSPS) is 13.9. The average molecular weight is 375 g/mol. The molecule has 0 fully saturated rings. The summed E-state index contributed by atoms with van der Waals surface area (Å²) in [4.78, 5) is 20.2. The summed E-state index contributed by atoms with van der Waals surface area (Å²) in [5.41, 5.74) is 1.20. The molecule has 3 rings (SSSR count). The lowest BCUT2D eigenvalue weighted by Gasteiger charge is -2.36. The van der Waals surface area contributed by atoms with Crippen LogP contribution in [0.25, 0.3) is 10.4 Å². The Balaban J connectivity index is 2.02. The van der Waals surface area contributed by atoms with Crippen molar-refractivity contribution in [3.05, 3.63) is 29.3 Å². The Bertz CT molecular complexity index is 815. The summed E-state index contributed by atoms with van der Waals surface area (Å²) >= 11 is 1.69. The minimum atomic E-state index is -0.575. The van der Waals surface area contributed by atoms with Gasteiger partial charge in [0.25, 0.3) is 0 Å². The second-order valence-electron chi connectivity index (χ2n) is 8.40. The Morgan fingerprint density at radius 3 is 2.65 bits per heavy atom. The Hall–Kier alpha value is -2.08. The predicted octanol–water partition coefficient (Wildman–Crippen LogP) is 5.29. The lowest BCUT2D eigenvalue weighted by Crippen LogP contribution is -2.48. The van der Waals surface area contributed by atoms with Gasteiger partial charge in [-0.15, -0.1) is 11.3 Å². The fourth-order valence-electron chi connectivity index (χ4n) is 2.90. The zero-order valence-electron chi connectivity index (χ0n) is 16.3. The van der Waals surface area contributed by atoms with Crippen molar-refractivity contribution >= 4 is 23.2 Å². The molecule has 3 heterocycles. The molecule has 0 bridgehead atoms. The topological polar surface area (TPSA) is 51.7 Å². The van der Waals surface area contributed by atoms with Gasteiger partial charge in [0.05, 0.1) is 12.2 Å². The van der Waals surface area contributed by atoms with Crippen molar-refractivity contribution in [1.29, 1.82) is 0 Å². The van der Waals surface area contributed by atoms with Gasteiger partial charge in [0.1, 0.15) is 17.2 Å². The highest BCUT2D eigenvalue weighted by molar-refractivity contribution is 7.13. The maximum atomic E-state index is 12.8. The van der Waals surface area contributed by atoms with E-state index in [1.807, 2.05) is 47.6 Å². The number of aromatic nitrogens is 1. The van der Waals surface area contributed by atoms with Gasteiger partial charge in [-0.3, -0.25) is 4.90 Å². The van der Waals surface area contributed by atoms with Crippen molar-refractivity contribution in [1.82, 2.24) is 4.98 Å². The van der Waals surface area contributed by atoms with Gasteiger partial charge in [-0.1, -0.05) is 0 Å². The van der Waals surface area contributed by atoms with E-state index in [1.54, 1.807) is 22.4 Å². The summed E-state index contributed by atoms with van der Waals surface area (Å²) in [6.45, 7) is 12.1. The SMILES string of the molecule is CC(C)(C)OC(=O)N(c1cc2c(cn1)-c1sccc1CCO2)C(C)(C)C. The van der Waals surface area contributed by atoms with E-state index in [0.29, 0.717) is 12.4 Å². The zero-order valence-corrected chi connectivity index (χ0v) is 17.1. The largest absolute Gasteiger partial charge is 0.492 e. The summed E-state index contributed by atoms with van der Waals surface area (Å²) in [6.07, 6.45) is 2.26. The lowest BCUT2D eigenvalue weighted by molar-refractivity contribution is 0.0549. The van der Waals surface area contributed by atoms with Crippen LogP contribution in [0.2, 0.25) is 0 Å². The molecule has 6 heteroatoms. The van der Waals surface area contributed by atoms with Crippen LogP contribution in [0.4, 0.5) is 10.6 Å². The number of hydrogen-bond acceptors (Lipinski definition) is 5. The monoisotopic (exact) mass is 374 g/mol. The molecule has 2 aromatic rings. The van der Waals surface area contributed by atoms with Gasteiger partial charge in [0.2, 0.25) is 0 Å². The summed E-state index contributed by atoms with van der Waals surface area (Å²) in [7, 11) is 0. The standard InChI is InChI=1S/C20H26N2O3S/c1-19(2,3)22(18(23)25-20(4,5)6)16-11-15-14(12-21-16)17-13(7-9-24-15)8-10-26-17/h8,10-12H,7,9H2,1-6H3. The highest BCUT2D eigenvalue weighted by atomic mass is 32.1. The van der Waals surface area contributed by atoms with E-state index < -0.39 is 17.2 Å².